The molecule has 39 heavy (non-hydrogen) atoms. The van der Waals surface area contributed by atoms with Gasteiger partial charge in [-0.25, -0.2) is 9.97 Å². The fraction of sp³-hybridized carbons (Fsp3) is 0.481. The van der Waals surface area contributed by atoms with Crippen LogP contribution in [-0.2, 0) is 22.3 Å². The van der Waals surface area contributed by atoms with Crippen LogP contribution in [0.2, 0.25) is 0 Å². The fourth-order valence-electron chi connectivity index (χ4n) is 4.47. The average molecular weight is 547 g/mol. The summed E-state index contributed by atoms with van der Waals surface area (Å²) in [6.07, 6.45) is 0.974. The molecular formula is C27H33F3N6O3. The second kappa shape index (κ2) is 10.9. The van der Waals surface area contributed by atoms with E-state index in [-0.39, 0.29) is 18.5 Å². The summed E-state index contributed by atoms with van der Waals surface area (Å²) in [6.45, 7) is 8.98. The van der Waals surface area contributed by atoms with Crippen molar-refractivity contribution in [2.24, 2.45) is 0 Å². The van der Waals surface area contributed by atoms with E-state index in [1.165, 1.54) is 0 Å². The number of ether oxygens (including phenoxy) is 1. The maximum atomic E-state index is 13.0. The van der Waals surface area contributed by atoms with E-state index < -0.39 is 23.1 Å². The number of likely N-dealkylation sites (tertiary alicyclic amines) is 1. The van der Waals surface area contributed by atoms with Crippen LogP contribution in [0.3, 0.4) is 0 Å². The highest BCUT2D eigenvalue weighted by Gasteiger charge is 2.34. The van der Waals surface area contributed by atoms with Crippen molar-refractivity contribution in [3.05, 3.63) is 54.1 Å². The number of carbonyl (C=O) groups excluding carboxylic acids is 1. The van der Waals surface area contributed by atoms with Gasteiger partial charge in [-0.05, 0) is 69.9 Å². The van der Waals surface area contributed by atoms with Crippen LogP contribution in [0, 0.1) is 6.92 Å². The van der Waals surface area contributed by atoms with Crippen LogP contribution in [0.1, 0.15) is 44.9 Å². The molecule has 0 aliphatic carbocycles. The van der Waals surface area contributed by atoms with E-state index in [2.05, 4.69) is 20.4 Å². The molecule has 3 heterocycles. The number of halogens is 3. The summed E-state index contributed by atoms with van der Waals surface area (Å²) in [7, 11) is 0. The second-order valence-electron chi connectivity index (χ2n) is 11.0. The van der Waals surface area contributed by atoms with Crippen molar-refractivity contribution in [1.29, 1.82) is 0 Å². The normalized spacial score (nSPS) is 16.2. The molecule has 1 aliphatic rings. The number of piperidine rings is 1. The topological polar surface area (TPSA) is 105 Å². The summed E-state index contributed by atoms with van der Waals surface area (Å²) in [5, 5.41) is 18.4. The van der Waals surface area contributed by atoms with E-state index in [4.69, 9.17) is 4.74 Å². The lowest BCUT2D eigenvalue weighted by molar-refractivity contribution is -0.157. The molecule has 1 fully saturated rings. The Bertz CT molecular complexity index is 1310. The molecule has 0 radical (unpaired) electrons. The molecule has 0 saturated carbocycles. The molecule has 4 rings (SSSR count). The van der Waals surface area contributed by atoms with Gasteiger partial charge in [0.15, 0.2) is 0 Å². The van der Waals surface area contributed by atoms with Crippen molar-refractivity contribution in [2.75, 3.05) is 25.0 Å². The molecule has 0 unspecified atom stereocenters. The van der Waals surface area contributed by atoms with Crippen molar-refractivity contribution >= 4 is 17.6 Å². The highest BCUT2D eigenvalue weighted by atomic mass is 19.4. The number of benzene rings is 1. The van der Waals surface area contributed by atoms with Gasteiger partial charge in [0.2, 0.25) is 5.95 Å². The van der Waals surface area contributed by atoms with Crippen LogP contribution in [0.5, 0.6) is 0 Å². The van der Waals surface area contributed by atoms with Crippen LogP contribution in [0.15, 0.2) is 42.9 Å². The lowest BCUT2D eigenvalue weighted by atomic mass is 9.91. The van der Waals surface area contributed by atoms with Crippen LogP contribution in [0.25, 0.3) is 11.1 Å². The number of aryl methyl sites for hydroxylation is 1. The van der Waals surface area contributed by atoms with Crippen molar-refractivity contribution < 1.29 is 27.8 Å². The number of rotatable bonds is 7. The quantitative estimate of drug-likeness (QED) is 0.415. The molecule has 2 aromatic heterocycles. The zero-order chi connectivity index (χ0) is 28.4. The number of aromatic nitrogens is 4. The zero-order valence-corrected chi connectivity index (χ0v) is 22.4. The highest BCUT2D eigenvalue weighted by molar-refractivity contribution is 5.72. The average Bonchev–Trinajstić information content (AvgIpc) is 3.27. The molecule has 2 N–H and O–H groups in total. The first-order chi connectivity index (χ1) is 18.2. The molecule has 1 saturated heterocycles. The van der Waals surface area contributed by atoms with Crippen molar-refractivity contribution in [2.45, 2.75) is 64.5 Å². The molecule has 0 atom stereocenters. The van der Waals surface area contributed by atoms with Gasteiger partial charge in [-0.3, -0.25) is 14.4 Å². The molecule has 1 aliphatic heterocycles. The predicted molar refractivity (Wildman–Crippen MR) is 139 cm³/mol. The number of nitrogens with one attached hydrogen (secondary N) is 1. The molecule has 1 aromatic carbocycles. The Labute approximate surface area is 225 Å². The van der Waals surface area contributed by atoms with Crippen LogP contribution in [0.4, 0.5) is 24.8 Å². The van der Waals surface area contributed by atoms with Gasteiger partial charge in [-0.15, -0.1) is 0 Å². The standard InChI is InChI=1S/C27H33F3N6O3/c1-18-11-19(13-21(12-18)33-24-31-8-5-22(34-24)27(28,29)30)20-14-32-36(15-20)17-26(38)6-9-35(10-7-26)16-23(37)39-25(2,3)4/h5,8,11-15,38H,6-7,9-10,16-17H2,1-4H3,(H,31,33,34). The van der Waals surface area contributed by atoms with E-state index >= 15 is 0 Å². The van der Waals surface area contributed by atoms with Gasteiger partial charge in [0, 0.05) is 36.7 Å². The monoisotopic (exact) mass is 546 g/mol. The third kappa shape index (κ3) is 7.99. The summed E-state index contributed by atoms with van der Waals surface area (Å²) in [6, 6.07) is 6.32. The first kappa shape index (κ1) is 28.5. The van der Waals surface area contributed by atoms with E-state index in [1.54, 1.807) is 23.0 Å². The van der Waals surface area contributed by atoms with Crippen molar-refractivity contribution in [3.63, 3.8) is 0 Å². The Hall–Kier alpha value is -3.51. The SMILES string of the molecule is Cc1cc(Nc2nccc(C(F)(F)F)n2)cc(-c2cnn(CC3(O)CCN(CC(=O)OC(C)(C)C)CC3)c2)c1. The lowest BCUT2D eigenvalue weighted by Gasteiger charge is -2.37. The van der Waals surface area contributed by atoms with Gasteiger partial charge in [0.1, 0.15) is 11.3 Å². The second-order valence-corrected chi connectivity index (χ2v) is 11.0. The van der Waals surface area contributed by atoms with Gasteiger partial charge in [-0.2, -0.15) is 18.3 Å². The van der Waals surface area contributed by atoms with Crippen molar-refractivity contribution in [3.8, 4) is 11.1 Å². The maximum Gasteiger partial charge on any atom is 0.433 e. The Morgan fingerprint density at radius 2 is 1.87 bits per heavy atom. The number of hydrogen-bond donors (Lipinski definition) is 2. The van der Waals surface area contributed by atoms with Crippen LogP contribution in [-0.4, -0.2) is 66.6 Å². The minimum Gasteiger partial charge on any atom is -0.459 e. The van der Waals surface area contributed by atoms with Gasteiger partial charge < -0.3 is 15.2 Å². The summed E-state index contributed by atoms with van der Waals surface area (Å²) in [5.41, 5.74) is 0.480. The molecule has 0 amide bonds. The van der Waals surface area contributed by atoms with E-state index in [1.807, 2.05) is 44.9 Å². The predicted octanol–water partition coefficient (Wildman–Crippen LogP) is 4.58. The zero-order valence-electron chi connectivity index (χ0n) is 22.4. The number of nitrogens with zero attached hydrogens (tertiary/aromatic N) is 5. The third-order valence-corrected chi connectivity index (χ3v) is 6.26. The van der Waals surface area contributed by atoms with Gasteiger partial charge in [0.05, 0.1) is 24.9 Å². The van der Waals surface area contributed by atoms with Gasteiger partial charge in [-0.1, -0.05) is 6.07 Å². The number of hydrogen-bond acceptors (Lipinski definition) is 8. The van der Waals surface area contributed by atoms with E-state index in [9.17, 15) is 23.1 Å². The van der Waals surface area contributed by atoms with Gasteiger partial charge in [0.25, 0.3) is 0 Å². The van der Waals surface area contributed by atoms with Gasteiger partial charge >= 0.3 is 12.1 Å². The highest BCUT2D eigenvalue weighted by Crippen LogP contribution is 2.30. The smallest absolute Gasteiger partial charge is 0.433 e. The van der Waals surface area contributed by atoms with Crippen LogP contribution >= 0.6 is 0 Å². The summed E-state index contributed by atoms with van der Waals surface area (Å²) in [5.74, 6) is -0.436. The summed E-state index contributed by atoms with van der Waals surface area (Å²) >= 11 is 0. The number of alkyl halides is 3. The fourth-order valence-corrected chi connectivity index (χ4v) is 4.47. The van der Waals surface area contributed by atoms with E-state index in [0.29, 0.717) is 38.2 Å². The number of carbonyl (C=O) groups is 1. The first-order valence-electron chi connectivity index (χ1n) is 12.7. The molecule has 3 aromatic rings. The first-order valence-corrected chi connectivity index (χ1v) is 12.7. The minimum absolute atomic E-state index is 0.155. The Morgan fingerprint density at radius 3 is 2.54 bits per heavy atom. The number of esters is 1. The third-order valence-electron chi connectivity index (χ3n) is 6.26. The number of anilines is 2. The lowest BCUT2D eigenvalue weighted by Crippen LogP contribution is -2.48. The molecule has 9 nitrogen and oxygen atoms in total. The molecule has 210 valence electrons. The Morgan fingerprint density at radius 1 is 1.15 bits per heavy atom. The van der Waals surface area contributed by atoms with Crippen LogP contribution < -0.4 is 5.32 Å². The Kier molecular flexibility index (Phi) is 7.99. The molecular weight excluding hydrogens is 513 g/mol. The molecule has 0 bridgehead atoms. The summed E-state index contributed by atoms with van der Waals surface area (Å²) < 4.78 is 46.1. The number of aliphatic hydroxyl groups is 1. The Balaban J connectivity index is 1.39. The molecule has 0 spiro atoms. The largest absolute Gasteiger partial charge is 0.459 e. The maximum absolute atomic E-state index is 13.0. The molecule has 12 heteroatoms. The summed E-state index contributed by atoms with van der Waals surface area (Å²) in [4.78, 5) is 21.6. The van der Waals surface area contributed by atoms with Crippen molar-refractivity contribution in [1.82, 2.24) is 24.6 Å². The minimum atomic E-state index is -4.56. The van der Waals surface area contributed by atoms with E-state index in [0.717, 1.165) is 29.0 Å².